The Balaban J connectivity index is 1.83. The van der Waals surface area contributed by atoms with Crippen LogP contribution in [-0.2, 0) is 17.7 Å². The lowest BCUT2D eigenvalue weighted by atomic mass is 10.1. The number of hydrogen-bond donors (Lipinski definition) is 1. The number of piperidine rings is 1. The molecule has 6 heteroatoms. The molecule has 6 nitrogen and oxygen atoms in total. The van der Waals surface area contributed by atoms with Crippen LogP contribution in [0.4, 0.5) is 0 Å². The molecule has 0 bridgehead atoms. The molecule has 0 saturated carbocycles. The van der Waals surface area contributed by atoms with Crippen LogP contribution in [0, 0.1) is 0 Å². The molecule has 1 aromatic rings. The molecule has 1 aliphatic rings. The van der Waals surface area contributed by atoms with E-state index in [1.54, 1.807) is 7.11 Å². The van der Waals surface area contributed by atoms with Gasteiger partial charge in [-0.05, 0) is 26.4 Å². The minimum atomic E-state index is 0.578. The van der Waals surface area contributed by atoms with Gasteiger partial charge in [0.15, 0.2) is 5.82 Å². The number of likely N-dealkylation sites (tertiary alicyclic amines) is 1. The Labute approximate surface area is 108 Å². The molecule has 1 aliphatic heterocycles. The Hall–Kier alpha value is -0.980. The molecule has 1 unspecified atom stereocenters. The van der Waals surface area contributed by atoms with Crippen molar-refractivity contribution in [3.05, 3.63) is 11.7 Å². The van der Waals surface area contributed by atoms with Crippen LogP contribution in [0.15, 0.2) is 4.52 Å². The Morgan fingerprint density at radius 1 is 1.56 bits per heavy atom. The van der Waals surface area contributed by atoms with E-state index in [4.69, 9.17) is 9.26 Å². The van der Waals surface area contributed by atoms with Crippen LogP contribution in [0.2, 0.25) is 0 Å². The Morgan fingerprint density at radius 2 is 2.44 bits per heavy atom. The molecule has 102 valence electrons. The van der Waals surface area contributed by atoms with Crippen molar-refractivity contribution >= 4 is 0 Å². The molecule has 18 heavy (non-hydrogen) atoms. The predicted octanol–water partition coefficient (Wildman–Crippen LogP) is 0.442. The molecule has 1 aromatic heterocycles. The second-order valence-corrected chi connectivity index (χ2v) is 4.71. The van der Waals surface area contributed by atoms with E-state index < -0.39 is 0 Å². The summed E-state index contributed by atoms with van der Waals surface area (Å²) < 4.78 is 10.2. The summed E-state index contributed by atoms with van der Waals surface area (Å²) in [5, 5.41) is 7.28. The fourth-order valence-corrected chi connectivity index (χ4v) is 2.28. The van der Waals surface area contributed by atoms with E-state index in [1.165, 1.54) is 12.8 Å². The molecule has 1 N–H and O–H groups in total. The molecule has 0 aliphatic carbocycles. The molecule has 1 fully saturated rings. The zero-order valence-corrected chi connectivity index (χ0v) is 11.2. The van der Waals surface area contributed by atoms with Crippen LogP contribution >= 0.6 is 0 Å². The van der Waals surface area contributed by atoms with Crippen LogP contribution in [0.25, 0.3) is 0 Å². The number of nitrogens with zero attached hydrogens (tertiary/aromatic N) is 3. The van der Waals surface area contributed by atoms with E-state index in [0.29, 0.717) is 25.0 Å². The number of likely N-dealkylation sites (N-methyl/N-ethyl adjacent to an activating group) is 1. The largest absolute Gasteiger partial charge is 0.384 e. The van der Waals surface area contributed by atoms with Crippen LogP contribution in [-0.4, -0.2) is 54.9 Å². The van der Waals surface area contributed by atoms with Crippen molar-refractivity contribution < 1.29 is 9.26 Å². The number of ether oxygens (including phenoxy) is 1. The third-order valence-corrected chi connectivity index (χ3v) is 3.31. The average molecular weight is 254 g/mol. The maximum Gasteiger partial charge on any atom is 0.240 e. The molecule has 0 radical (unpaired) electrons. The van der Waals surface area contributed by atoms with Gasteiger partial charge in [-0.1, -0.05) is 5.16 Å². The highest BCUT2D eigenvalue weighted by Gasteiger charge is 2.20. The molecular formula is C12H22N4O2. The van der Waals surface area contributed by atoms with Gasteiger partial charge in [-0.2, -0.15) is 4.98 Å². The summed E-state index contributed by atoms with van der Waals surface area (Å²) in [7, 11) is 3.69. The highest BCUT2D eigenvalue weighted by Crippen LogP contribution is 2.12. The average Bonchev–Trinajstić information content (AvgIpc) is 2.84. The maximum absolute atomic E-state index is 5.25. The summed E-state index contributed by atoms with van der Waals surface area (Å²) in [5.74, 6) is 1.44. The molecule has 2 rings (SSSR count). The van der Waals surface area contributed by atoms with E-state index in [1.807, 2.05) is 7.05 Å². The second kappa shape index (κ2) is 6.82. The first-order valence-electron chi connectivity index (χ1n) is 6.52. The lowest BCUT2D eigenvalue weighted by Crippen LogP contribution is -2.43. The summed E-state index contributed by atoms with van der Waals surface area (Å²) in [5.41, 5.74) is 0. The topological polar surface area (TPSA) is 63.4 Å². The van der Waals surface area contributed by atoms with E-state index >= 15 is 0 Å². The van der Waals surface area contributed by atoms with E-state index in [0.717, 1.165) is 25.5 Å². The van der Waals surface area contributed by atoms with Gasteiger partial charge in [0.2, 0.25) is 5.89 Å². The van der Waals surface area contributed by atoms with E-state index in [2.05, 4.69) is 20.4 Å². The number of nitrogens with one attached hydrogen (secondary N) is 1. The first-order valence-corrected chi connectivity index (χ1v) is 6.52. The molecule has 1 atom stereocenters. The highest BCUT2D eigenvalue weighted by molar-refractivity contribution is 4.88. The number of aromatic nitrogens is 2. The monoisotopic (exact) mass is 254 g/mol. The quantitative estimate of drug-likeness (QED) is 0.795. The van der Waals surface area contributed by atoms with Crippen molar-refractivity contribution in [1.29, 1.82) is 0 Å². The van der Waals surface area contributed by atoms with Gasteiger partial charge in [-0.15, -0.1) is 0 Å². The lowest BCUT2D eigenvalue weighted by Gasteiger charge is -2.31. The maximum atomic E-state index is 5.25. The van der Waals surface area contributed by atoms with Gasteiger partial charge in [0.25, 0.3) is 0 Å². The van der Waals surface area contributed by atoms with Gasteiger partial charge < -0.3 is 14.6 Å². The predicted molar refractivity (Wildman–Crippen MR) is 67.2 cm³/mol. The fraction of sp³-hybridized carbons (Fsp3) is 0.833. The van der Waals surface area contributed by atoms with Crippen molar-refractivity contribution in [3.8, 4) is 0 Å². The Kier molecular flexibility index (Phi) is 5.10. The number of hydrogen-bond acceptors (Lipinski definition) is 6. The zero-order chi connectivity index (χ0) is 12.8. The standard InChI is InChI=1S/C12H22N4O2/c1-13-10-4-3-6-16(8-10)9-12-14-11(15-18-12)5-7-17-2/h10,13H,3-9H2,1-2H3. The zero-order valence-electron chi connectivity index (χ0n) is 11.2. The summed E-state index contributed by atoms with van der Waals surface area (Å²) >= 11 is 0. The Bertz CT molecular complexity index is 356. The van der Waals surface area contributed by atoms with Crippen molar-refractivity contribution in [2.24, 2.45) is 0 Å². The van der Waals surface area contributed by atoms with Gasteiger partial charge in [0.05, 0.1) is 13.2 Å². The first-order chi connectivity index (χ1) is 8.81. The molecule has 1 saturated heterocycles. The summed E-state index contributed by atoms with van der Waals surface area (Å²) in [6.07, 6.45) is 3.17. The van der Waals surface area contributed by atoms with Crippen LogP contribution < -0.4 is 5.32 Å². The molecular weight excluding hydrogens is 232 g/mol. The van der Waals surface area contributed by atoms with Crippen LogP contribution in [0.3, 0.4) is 0 Å². The minimum Gasteiger partial charge on any atom is -0.384 e. The van der Waals surface area contributed by atoms with E-state index in [9.17, 15) is 0 Å². The summed E-state index contributed by atoms with van der Waals surface area (Å²) in [4.78, 5) is 6.73. The van der Waals surface area contributed by atoms with Crippen molar-refractivity contribution in [1.82, 2.24) is 20.4 Å². The Morgan fingerprint density at radius 3 is 3.22 bits per heavy atom. The van der Waals surface area contributed by atoms with Crippen molar-refractivity contribution in [2.75, 3.05) is 33.9 Å². The SMILES string of the molecule is CNC1CCCN(Cc2nc(CCOC)no2)C1. The molecule has 2 heterocycles. The fourth-order valence-electron chi connectivity index (χ4n) is 2.28. The van der Waals surface area contributed by atoms with Gasteiger partial charge in [-0.3, -0.25) is 4.90 Å². The van der Waals surface area contributed by atoms with Crippen molar-refractivity contribution in [3.63, 3.8) is 0 Å². The lowest BCUT2D eigenvalue weighted by molar-refractivity contribution is 0.167. The van der Waals surface area contributed by atoms with Gasteiger partial charge >= 0.3 is 0 Å². The van der Waals surface area contributed by atoms with E-state index in [-0.39, 0.29) is 0 Å². The molecule has 0 aromatic carbocycles. The molecule has 0 spiro atoms. The second-order valence-electron chi connectivity index (χ2n) is 4.71. The number of methoxy groups -OCH3 is 1. The highest BCUT2D eigenvalue weighted by atomic mass is 16.5. The third-order valence-electron chi connectivity index (χ3n) is 3.31. The minimum absolute atomic E-state index is 0.578. The number of rotatable bonds is 6. The summed E-state index contributed by atoms with van der Waals surface area (Å²) in [6.45, 7) is 3.53. The van der Waals surface area contributed by atoms with Crippen molar-refractivity contribution in [2.45, 2.75) is 31.8 Å². The smallest absolute Gasteiger partial charge is 0.240 e. The summed E-state index contributed by atoms with van der Waals surface area (Å²) in [6, 6.07) is 0.578. The van der Waals surface area contributed by atoms with Gasteiger partial charge in [-0.25, -0.2) is 0 Å². The third kappa shape index (κ3) is 3.76. The van der Waals surface area contributed by atoms with Gasteiger partial charge in [0.1, 0.15) is 0 Å². The van der Waals surface area contributed by atoms with Crippen LogP contribution in [0.1, 0.15) is 24.6 Å². The van der Waals surface area contributed by atoms with Crippen LogP contribution in [0.5, 0.6) is 0 Å². The normalized spacial score (nSPS) is 21.3. The van der Waals surface area contributed by atoms with Gasteiger partial charge in [0, 0.05) is 26.1 Å². The molecule has 0 amide bonds. The first kappa shape index (κ1) is 13.5.